The van der Waals surface area contributed by atoms with Crippen molar-refractivity contribution in [2.45, 2.75) is 36.1 Å². The fourth-order valence-corrected chi connectivity index (χ4v) is 4.95. The van der Waals surface area contributed by atoms with Gasteiger partial charge in [-0.25, -0.2) is 8.42 Å². The van der Waals surface area contributed by atoms with Gasteiger partial charge in [-0.3, -0.25) is 4.79 Å². The van der Waals surface area contributed by atoms with Crippen LogP contribution in [-0.4, -0.2) is 25.0 Å². The molecule has 0 radical (unpaired) electrons. The lowest BCUT2D eigenvalue weighted by molar-refractivity contribution is -0.143. The predicted octanol–water partition coefficient (Wildman–Crippen LogP) is 2.67. The molecule has 1 aromatic carbocycles. The first kappa shape index (κ1) is 15.6. The Morgan fingerprint density at radius 2 is 1.70 bits per heavy atom. The van der Waals surface area contributed by atoms with Gasteiger partial charge < -0.3 is 5.11 Å². The number of carboxylic acid groups (broad SMARTS) is 1. The van der Waals surface area contributed by atoms with Gasteiger partial charge in [0.2, 0.25) is 10.0 Å². The molecule has 1 aliphatic rings. The highest BCUT2D eigenvalue weighted by atomic mass is 35.5. The van der Waals surface area contributed by atoms with Crippen molar-refractivity contribution in [2.24, 2.45) is 0 Å². The summed E-state index contributed by atoms with van der Waals surface area (Å²) in [6.45, 7) is 0. The Kier molecular flexibility index (Phi) is 4.30. The normalized spacial score (nSPS) is 18.1. The molecule has 0 saturated heterocycles. The van der Waals surface area contributed by atoms with Crippen molar-refractivity contribution >= 4 is 39.2 Å². The fourth-order valence-electron chi connectivity index (χ4n) is 2.39. The summed E-state index contributed by atoms with van der Waals surface area (Å²) in [6.07, 6.45) is 1.82. The second-order valence-electron chi connectivity index (χ2n) is 4.75. The van der Waals surface area contributed by atoms with Crippen molar-refractivity contribution in [3.63, 3.8) is 0 Å². The molecule has 0 amide bonds. The minimum absolute atomic E-state index is 0.0384. The van der Waals surface area contributed by atoms with Gasteiger partial charge in [-0.1, -0.05) is 42.1 Å². The third-order valence-electron chi connectivity index (χ3n) is 3.38. The van der Waals surface area contributed by atoms with Gasteiger partial charge in [0.1, 0.15) is 10.4 Å². The molecule has 2 N–H and O–H groups in total. The van der Waals surface area contributed by atoms with Crippen LogP contribution in [0.25, 0.3) is 0 Å². The van der Waals surface area contributed by atoms with Crippen LogP contribution in [0.5, 0.6) is 0 Å². The first-order chi connectivity index (χ1) is 9.28. The number of nitrogens with one attached hydrogen (secondary N) is 1. The van der Waals surface area contributed by atoms with E-state index in [0.717, 1.165) is 0 Å². The highest BCUT2D eigenvalue weighted by Gasteiger charge is 2.45. The average Bonchev–Trinajstić information content (AvgIpc) is 2.77. The second kappa shape index (κ2) is 5.52. The lowest BCUT2D eigenvalue weighted by atomic mass is 10.0. The molecule has 0 atom stereocenters. The molecular weight excluding hydrogens is 325 g/mol. The maximum atomic E-state index is 12.4. The number of carbonyl (C=O) groups is 1. The third-order valence-corrected chi connectivity index (χ3v) is 5.87. The van der Waals surface area contributed by atoms with Gasteiger partial charge in [0, 0.05) is 0 Å². The number of hydrogen-bond donors (Lipinski definition) is 2. The maximum Gasteiger partial charge on any atom is 0.324 e. The van der Waals surface area contributed by atoms with Crippen LogP contribution in [-0.2, 0) is 14.8 Å². The van der Waals surface area contributed by atoms with Crippen molar-refractivity contribution < 1.29 is 18.3 Å². The molecular formula is C12H13Cl2NO4S. The van der Waals surface area contributed by atoms with Crippen LogP contribution in [0.4, 0.5) is 0 Å². The summed E-state index contributed by atoms with van der Waals surface area (Å²) in [5.74, 6) is -1.18. The molecule has 1 fully saturated rings. The van der Waals surface area contributed by atoms with Gasteiger partial charge in [0.05, 0.1) is 10.0 Å². The number of aliphatic carboxylic acids is 1. The van der Waals surface area contributed by atoms with Gasteiger partial charge >= 0.3 is 5.97 Å². The van der Waals surface area contributed by atoms with Crippen LogP contribution >= 0.6 is 23.2 Å². The van der Waals surface area contributed by atoms with Crippen LogP contribution in [0.15, 0.2) is 23.1 Å². The van der Waals surface area contributed by atoms with Crippen LogP contribution in [0, 0.1) is 0 Å². The molecule has 20 heavy (non-hydrogen) atoms. The molecule has 0 aromatic heterocycles. The van der Waals surface area contributed by atoms with E-state index in [-0.39, 0.29) is 27.8 Å². The maximum absolute atomic E-state index is 12.4. The van der Waals surface area contributed by atoms with E-state index in [0.29, 0.717) is 12.8 Å². The lowest BCUT2D eigenvalue weighted by Crippen LogP contribution is -2.52. The summed E-state index contributed by atoms with van der Waals surface area (Å²) in [6, 6.07) is 4.31. The van der Waals surface area contributed by atoms with E-state index >= 15 is 0 Å². The molecule has 0 spiro atoms. The van der Waals surface area contributed by atoms with Gasteiger partial charge in [-0.15, -0.1) is 0 Å². The van der Waals surface area contributed by atoms with Crippen molar-refractivity contribution in [2.75, 3.05) is 0 Å². The Balaban J connectivity index is 2.44. The average molecular weight is 338 g/mol. The van der Waals surface area contributed by atoms with E-state index in [1.54, 1.807) is 0 Å². The molecule has 0 aliphatic heterocycles. The van der Waals surface area contributed by atoms with Gasteiger partial charge in [0.15, 0.2) is 0 Å². The smallest absolute Gasteiger partial charge is 0.324 e. The SMILES string of the molecule is O=C(O)C1(NS(=O)(=O)c2c(Cl)cccc2Cl)CCCC1. The molecule has 110 valence electrons. The Morgan fingerprint density at radius 3 is 2.15 bits per heavy atom. The van der Waals surface area contributed by atoms with Crippen LogP contribution in [0.3, 0.4) is 0 Å². The first-order valence-corrected chi connectivity index (χ1v) is 8.24. The lowest BCUT2D eigenvalue weighted by Gasteiger charge is -2.25. The summed E-state index contributed by atoms with van der Waals surface area (Å²) in [7, 11) is -4.10. The molecule has 0 unspecified atom stereocenters. The van der Waals surface area contributed by atoms with E-state index in [9.17, 15) is 18.3 Å². The fraction of sp³-hybridized carbons (Fsp3) is 0.417. The Labute approximate surface area is 126 Å². The summed E-state index contributed by atoms with van der Waals surface area (Å²) >= 11 is 11.7. The predicted molar refractivity (Wildman–Crippen MR) is 75.6 cm³/mol. The number of hydrogen-bond acceptors (Lipinski definition) is 3. The van der Waals surface area contributed by atoms with Crippen LogP contribution in [0.2, 0.25) is 10.0 Å². The van der Waals surface area contributed by atoms with E-state index < -0.39 is 21.5 Å². The highest BCUT2D eigenvalue weighted by molar-refractivity contribution is 7.89. The number of benzene rings is 1. The molecule has 2 rings (SSSR count). The van der Waals surface area contributed by atoms with E-state index in [2.05, 4.69) is 4.72 Å². The minimum Gasteiger partial charge on any atom is -0.480 e. The number of halogens is 2. The Hall–Kier alpha value is -0.820. The molecule has 1 aliphatic carbocycles. The largest absolute Gasteiger partial charge is 0.480 e. The van der Waals surface area contributed by atoms with Crippen molar-refractivity contribution in [3.05, 3.63) is 28.2 Å². The van der Waals surface area contributed by atoms with Gasteiger partial charge in [-0.2, -0.15) is 4.72 Å². The monoisotopic (exact) mass is 337 g/mol. The number of carboxylic acids is 1. The van der Waals surface area contributed by atoms with E-state index in [4.69, 9.17) is 23.2 Å². The zero-order chi connectivity index (χ0) is 15.0. The first-order valence-electron chi connectivity index (χ1n) is 6.00. The standard InChI is InChI=1S/C12H13Cl2NO4S/c13-8-4-3-5-9(14)10(8)20(18,19)15-12(11(16)17)6-1-2-7-12/h3-5,15H,1-2,6-7H2,(H,16,17). The molecule has 0 bridgehead atoms. The molecule has 8 heteroatoms. The van der Waals surface area contributed by atoms with Crippen molar-refractivity contribution in [1.29, 1.82) is 0 Å². The Bertz CT molecular complexity index is 619. The zero-order valence-corrected chi connectivity index (χ0v) is 12.7. The van der Waals surface area contributed by atoms with Gasteiger partial charge in [-0.05, 0) is 25.0 Å². The third kappa shape index (κ3) is 2.79. The second-order valence-corrected chi connectivity index (χ2v) is 7.18. The topological polar surface area (TPSA) is 83.5 Å². The summed E-state index contributed by atoms with van der Waals surface area (Å²) in [5.41, 5.74) is -1.47. The zero-order valence-electron chi connectivity index (χ0n) is 10.4. The summed E-state index contributed by atoms with van der Waals surface area (Å²) in [4.78, 5) is 11.1. The number of rotatable bonds is 4. The molecule has 0 heterocycles. The van der Waals surface area contributed by atoms with E-state index in [1.165, 1.54) is 18.2 Å². The molecule has 5 nitrogen and oxygen atoms in total. The molecule has 1 saturated carbocycles. The quantitative estimate of drug-likeness (QED) is 0.884. The van der Waals surface area contributed by atoms with Gasteiger partial charge in [0.25, 0.3) is 0 Å². The minimum atomic E-state index is -4.10. The Morgan fingerprint density at radius 1 is 1.20 bits per heavy atom. The van der Waals surface area contributed by atoms with Crippen LogP contribution < -0.4 is 4.72 Å². The summed E-state index contributed by atoms with van der Waals surface area (Å²) in [5, 5.41) is 9.24. The molecule has 1 aromatic rings. The highest BCUT2D eigenvalue weighted by Crippen LogP contribution is 2.34. The van der Waals surface area contributed by atoms with E-state index in [1.807, 2.05) is 0 Å². The summed E-state index contributed by atoms with van der Waals surface area (Å²) < 4.78 is 27.1. The van der Waals surface area contributed by atoms with Crippen molar-refractivity contribution in [3.8, 4) is 0 Å². The van der Waals surface area contributed by atoms with Crippen molar-refractivity contribution in [1.82, 2.24) is 4.72 Å². The van der Waals surface area contributed by atoms with Crippen LogP contribution in [0.1, 0.15) is 25.7 Å². The number of sulfonamides is 1.